The van der Waals surface area contributed by atoms with Gasteiger partial charge in [-0.25, -0.2) is 0 Å². The molecule has 2 N–H and O–H groups in total. The Morgan fingerprint density at radius 2 is 2.20 bits per heavy atom. The molecule has 0 aromatic heterocycles. The maximum atomic E-state index is 6.12. The normalized spacial score (nSPS) is 21.8. The van der Waals surface area contributed by atoms with Crippen molar-refractivity contribution in [1.82, 2.24) is 4.90 Å². The minimum absolute atomic E-state index is 0.443. The lowest BCUT2D eigenvalue weighted by Crippen LogP contribution is -2.43. The quantitative estimate of drug-likeness (QED) is 0.526. The number of piperidine rings is 1. The molecule has 1 aliphatic heterocycles. The van der Waals surface area contributed by atoms with Crippen LogP contribution in [0.1, 0.15) is 26.7 Å². The third-order valence-corrected chi connectivity index (χ3v) is 4.67. The molecule has 1 aromatic rings. The first-order valence-corrected chi connectivity index (χ1v) is 8.29. The van der Waals surface area contributed by atoms with Gasteiger partial charge in [0.25, 0.3) is 0 Å². The summed E-state index contributed by atoms with van der Waals surface area (Å²) in [6, 6.07) is 10.5. The second-order valence-electron chi connectivity index (χ2n) is 5.63. The maximum absolute atomic E-state index is 6.12. The van der Waals surface area contributed by atoms with Crippen LogP contribution < -0.4 is 5.73 Å². The second kappa shape index (κ2) is 7.58. The molecule has 20 heavy (non-hydrogen) atoms. The van der Waals surface area contributed by atoms with Crippen molar-refractivity contribution in [1.29, 1.82) is 0 Å². The Hall–Kier alpha value is -1.16. The van der Waals surface area contributed by atoms with E-state index in [1.54, 1.807) is 0 Å². The van der Waals surface area contributed by atoms with Crippen molar-refractivity contribution in [2.75, 3.05) is 19.6 Å². The first-order valence-electron chi connectivity index (χ1n) is 7.41. The number of rotatable bonds is 4. The van der Waals surface area contributed by atoms with Crippen molar-refractivity contribution in [3.8, 4) is 0 Å². The molecule has 1 aliphatic rings. The van der Waals surface area contributed by atoms with Crippen LogP contribution in [0.5, 0.6) is 0 Å². The van der Waals surface area contributed by atoms with Crippen LogP contribution in [0.4, 0.5) is 0 Å². The summed E-state index contributed by atoms with van der Waals surface area (Å²) in [5, 5.41) is 0.443. The fourth-order valence-electron chi connectivity index (χ4n) is 2.49. The molecule has 1 aromatic carbocycles. The Morgan fingerprint density at radius 3 is 2.90 bits per heavy atom. The van der Waals surface area contributed by atoms with Crippen LogP contribution in [0.2, 0.25) is 0 Å². The first kappa shape index (κ1) is 15.2. The highest BCUT2D eigenvalue weighted by Gasteiger charge is 2.17. The lowest BCUT2D eigenvalue weighted by molar-refractivity contribution is 0.270. The summed E-state index contributed by atoms with van der Waals surface area (Å²) in [5.41, 5.74) is 6.12. The van der Waals surface area contributed by atoms with Gasteiger partial charge in [0.05, 0.1) is 6.54 Å². The van der Waals surface area contributed by atoms with Crippen molar-refractivity contribution < 1.29 is 0 Å². The molecule has 0 bridgehead atoms. The molecule has 2 rings (SSSR count). The summed E-state index contributed by atoms with van der Waals surface area (Å²) in [6.45, 7) is 7.37. The maximum Gasteiger partial charge on any atom is 0.191 e. The molecule has 110 valence electrons. The van der Waals surface area contributed by atoms with E-state index in [9.17, 15) is 0 Å². The van der Waals surface area contributed by atoms with Crippen molar-refractivity contribution in [2.45, 2.75) is 36.8 Å². The molecule has 0 saturated carbocycles. The predicted octanol–water partition coefficient (Wildman–Crippen LogP) is 3.21. The summed E-state index contributed by atoms with van der Waals surface area (Å²) in [5.74, 6) is 1.45. The predicted molar refractivity (Wildman–Crippen MR) is 88.2 cm³/mol. The molecular formula is C16H25N3S. The average Bonchev–Trinajstić information content (AvgIpc) is 2.46. The lowest BCUT2D eigenvalue weighted by atomic mass is 10.0. The minimum Gasteiger partial charge on any atom is -0.370 e. The molecule has 0 radical (unpaired) electrons. The third-order valence-electron chi connectivity index (χ3n) is 3.57. The van der Waals surface area contributed by atoms with Gasteiger partial charge in [0, 0.05) is 23.2 Å². The van der Waals surface area contributed by atoms with Gasteiger partial charge in [0.1, 0.15) is 0 Å². The van der Waals surface area contributed by atoms with E-state index in [0.29, 0.717) is 5.25 Å². The summed E-state index contributed by atoms with van der Waals surface area (Å²) in [4.78, 5) is 8.10. The zero-order valence-electron chi connectivity index (χ0n) is 12.5. The number of aliphatic imine (C=N–C) groups is 1. The highest BCUT2D eigenvalue weighted by molar-refractivity contribution is 8.00. The largest absolute Gasteiger partial charge is 0.370 e. The van der Waals surface area contributed by atoms with Gasteiger partial charge >= 0.3 is 0 Å². The fraction of sp³-hybridized carbons (Fsp3) is 0.562. The highest BCUT2D eigenvalue weighted by Crippen LogP contribution is 2.22. The van der Waals surface area contributed by atoms with Gasteiger partial charge in [-0.3, -0.25) is 4.99 Å². The molecule has 4 heteroatoms. The molecular weight excluding hydrogens is 266 g/mol. The van der Waals surface area contributed by atoms with Gasteiger partial charge in [-0.15, -0.1) is 11.8 Å². The van der Waals surface area contributed by atoms with E-state index >= 15 is 0 Å². The van der Waals surface area contributed by atoms with Crippen LogP contribution in [-0.4, -0.2) is 35.7 Å². The van der Waals surface area contributed by atoms with Gasteiger partial charge in [-0.05, 0) is 30.9 Å². The number of hydrogen-bond donors (Lipinski definition) is 1. The highest BCUT2D eigenvalue weighted by atomic mass is 32.2. The zero-order chi connectivity index (χ0) is 14.4. The first-order chi connectivity index (χ1) is 9.65. The van der Waals surface area contributed by atoms with Gasteiger partial charge in [0.2, 0.25) is 0 Å². The van der Waals surface area contributed by atoms with Gasteiger partial charge in [-0.2, -0.15) is 0 Å². The number of nitrogens with two attached hydrogens (primary N) is 1. The molecule has 1 saturated heterocycles. The van der Waals surface area contributed by atoms with E-state index in [4.69, 9.17) is 5.73 Å². The van der Waals surface area contributed by atoms with Crippen LogP contribution >= 0.6 is 11.8 Å². The van der Waals surface area contributed by atoms with E-state index in [-0.39, 0.29) is 0 Å². The smallest absolute Gasteiger partial charge is 0.191 e. The topological polar surface area (TPSA) is 41.6 Å². The van der Waals surface area contributed by atoms with Crippen LogP contribution in [0.15, 0.2) is 40.2 Å². The molecule has 0 aliphatic carbocycles. The minimum atomic E-state index is 0.443. The Labute approximate surface area is 126 Å². The van der Waals surface area contributed by atoms with Crippen molar-refractivity contribution in [3.05, 3.63) is 30.3 Å². The summed E-state index contributed by atoms with van der Waals surface area (Å²) in [7, 11) is 0. The SMILES string of the molecule is CC1CCCN(C(N)=NCC(C)Sc2ccccc2)C1. The molecule has 1 fully saturated rings. The number of nitrogens with zero attached hydrogens (tertiary/aromatic N) is 2. The molecule has 1 heterocycles. The number of thioether (sulfide) groups is 1. The van der Waals surface area contributed by atoms with Crippen LogP contribution in [0.3, 0.4) is 0 Å². The van der Waals surface area contributed by atoms with E-state index < -0.39 is 0 Å². The second-order valence-corrected chi connectivity index (χ2v) is 7.15. The summed E-state index contributed by atoms with van der Waals surface area (Å²) >= 11 is 1.85. The van der Waals surface area contributed by atoms with Gasteiger partial charge in [-0.1, -0.05) is 32.0 Å². The molecule has 0 spiro atoms. The Morgan fingerprint density at radius 1 is 1.45 bits per heavy atom. The van der Waals surface area contributed by atoms with Crippen molar-refractivity contribution in [2.24, 2.45) is 16.6 Å². The number of guanidine groups is 1. The van der Waals surface area contributed by atoms with E-state index in [1.165, 1.54) is 17.7 Å². The van der Waals surface area contributed by atoms with Crippen molar-refractivity contribution >= 4 is 17.7 Å². The van der Waals surface area contributed by atoms with Crippen LogP contribution in [0.25, 0.3) is 0 Å². The van der Waals surface area contributed by atoms with E-state index in [1.807, 2.05) is 17.8 Å². The third kappa shape index (κ3) is 4.75. The summed E-state index contributed by atoms with van der Waals surface area (Å²) in [6.07, 6.45) is 2.54. The number of likely N-dealkylation sites (tertiary alicyclic amines) is 1. The molecule has 2 unspecified atom stereocenters. The van der Waals surface area contributed by atoms with E-state index in [2.05, 4.69) is 48.0 Å². The molecule has 0 amide bonds. The average molecular weight is 291 g/mol. The van der Waals surface area contributed by atoms with Gasteiger partial charge < -0.3 is 10.6 Å². The molecule has 3 nitrogen and oxygen atoms in total. The monoisotopic (exact) mass is 291 g/mol. The van der Waals surface area contributed by atoms with E-state index in [0.717, 1.165) is 31.5 Å². The lowest BCUT2D eigenvalue weighted by Gasteiger charge is -2.31. The van der Waals surface area contributed by atoms with Crippen molar-refractivity contribution in [3.63, 3.8) is 0 Å². The number of benzene rings is 1. The van der Waals surface area contributed by atoms with Crippen LogP contribution in [0, 0.1) is 5.92 Å². The Bertz CT molecular complexity index is 433. The Kier molecular flexibility index (Phi) is 5.77. The summed E-state index contributed by atoms with van der Waals surface area (Å²) < 4.78 is 0. The standard InChI is InChI=1S/C16H25N3S/c1-13-7-6-10-19(12-13)16(17)18-11-14(2)20-15-8-4-3-5-9-15/h3-5,8-9,13-14H,6-7,10-12H2,1-2H3,(H2,17,18). The molecule has 2 atom stereocenters. The van der Waals surface area contributed by atoms with Gasteiger partial charge in [0.15, 0.2) is 5.96 Å². The number of hydrogen-bond acceptors (Lipinski definition) is 2. The van der Waals surface area contributed by atoms with Crippen LogP contribution in [-0.2, 0) is 0 Å². The Balaban J connectivity index is 1.82. The fourth-order valence-corrected chi connectivity index (χ4v) is 3.42. The zero-order valence-corrected chi connectivity index (χ0v) is 13.3.